The van der Waals surface area contributed by atoms with Gasteiger partial charge in [0.15, 0.2) is 0 Å². The molecular formula is C19H29FN2O2. The minimum atomic E-state index is -0.818. The van der Waals surface area contributed by atoms with E-state index in [9.17, 15) is 14.3 Å². The maximum Gasteiger partial charge on any atom is 0.317 e. The first-order chi connectivity index (χ1) is 11.5. The molecule has 1 atom stereocenters. The highest BCUT2D eigenvalue weighted by Crippen LogP contribution is 2.24. The van der Waals surface area contributed by atoms with Crippen molar-refractivity contribution in [3.63, 3.8) is 0 Å². The Balaban J connectivity index is 1.92. The van der Waals surface area contributed by atoms with Gasteiger partial charge in [0.2, 0.25) is 0 Å². The number of aliphatic hydroxyl groups excluding tert-OH is 1. The summed E-state index contributed by atoms with van der Waals surface area (Å²) < 4.78 is 13.0. The van der Waals surface area contributed by atoms with E-state index in [0.717, 1.165) is 0 Å². The van der Waals surface area contributed by atoms with E-state index < -0.39 is 6.10 Å². The van der Waals surface area contributed by atoms with Gasteiger partial charge in [0, 0.05) is 13.1 Å². The maximum absolute atomic E-state index is 13.0. The molecule has 0 bridgehead atoms. The molecular weight excluding hydrogens is 307 g/mol. The largest absolute Gasteiger partial charge is 0.387 e. The Morgan fingerprint density at radius 3 is 2.46 bits per heavy atom. The first-order valence-corrected chi connectivity index (χ1v) is 8.92. The average Bonchev–Trinajstić information content (AvgIpc) is 3.05. The van der Waals surface area contributed by atoms with Gasteiger partial charge in [0.05, 0.1) is 12.6 Å². The molecule has 2 N–H and O–H groups in total. The molecule has 134 valence electrons. The molecule has 0 aliphatic heterocycles. The molecule has 1 fully saturated rings. The van der Waals surface area contributed by atoms with Gasteiger partial charge in [-0.3, -0.25) is 0 Å². The van der Waals surface area contributed by atoms with E-state index in [4.69, 9.17) is 0 Å². The zero-order valence-electron chi connectivity index (χ0n) is 14.7. The summed E-state index contributed by atoms with van der Waals surface area (Å²) in [5.74, 6) is 0.554. The summed E-state index contributed by atoms with van der Waals surface area (Å²) in [4.78, 5) is 14.2. The lowest BCUT2D eigenvalue weighted by Gasteiger charge is -2.28. The number of benzene rings is 1. The van der Waals surface area contributed by atoms with Crippen molar-refractivity contribution >= 4 is 6.03 Å². The van der Waals surface area contributed by atoms with Gasteiger partial charge in [-0.25, -0.2) is 9.18 Å². The summed E-state index contributed by atoms with van der Waals surface area (Å²) in [6.45, 7) is 5.58. The summed E-state index contributed by atoms with van der Waals surface area (Å²) in [5, 5.41) is 13.4. The molecule has 0 spiro atoms. The van der Waals surface area contributed by atoms with Crippen LogP contribution >= 0.6 is 0 Å². The zero-order chi connectivity index (χ0) is 17.5. The molecule has 5 heteroatoms. The van der Waals surface area contributed by atoms with Gasteiger partial charge in [-0.1, -0.05) is 38.8 Å². The summed E-state index contributed by atoms with van der Waals surface area (Å²) in [6.07, 6.45) is 4.05. The van der Waals surface area contributed by atoms with Crippen LogP contribution in [0.2, 0.25) is 0 Å². The molecule has 1 aromatic rings. The summed E-state index contributed by atoms with van der Waals surface area (Å²) in [5.41, 5.74) is 0.619. The molecule has 4 nitrogen and oxygen atoms in total. The number of rotatable bonds is 7. The lowest BCUT2D eigenvalue weighted by atomic mass is 10.1. The number of hydrogen-bond acceptors (Lipinski definition) is 2. The molecule has 1 saturated carbocycles. The predicted molar refractivity (Wildman–Crippen MR) is 93.1 cm³/mol. The van der Waals surface area contributed by atoms with Gasteiger partial charge in [-0.15, -0.1) is 0 Å². The molecule has 2 amide bonds. The number of amides is 2. The number of carbonyl (C=O) groups is 1. The monoisotopic (exact) mass is 336 g/mol. The topological polar surface area (TPSA) is 52.6 Å². The van der Waals surface area contributed by atoms with Crippen LogP contribution in [0.25, 0.3) is 0 Å². The standard InChI is InChI=1S/C19H29FN2O2/c1-14(2)12-22(19(24)21-11-15-5-3-4-6-15)13-18(23)16-7-9-17(20)10-8-16/h7-10,14-15,18,23H,3-6,11-13H2,1-2H3,(H,21,24)/t18-/m0/s1. The fourth-order valence-corrected chi connectivity index (χ4v) is 3.24. The number of aliphatic hydroxyl groups is 1. The molecule has 0 heterocycles. The second-order valence-electron chi connectivity index (χ2n) is 7.20. The predicted octanol–water partition coefficient (Wildman–Crippen LogP) is 3.72. The van der Waals surface area contributed by atoms with Gasteiger partial charge in [-0.2, -0.15) is 0 Å². The van der Waals surface area contributed by atoms with Crippen molar-refractivity contribution in [2.24, 2.45) is 11.8 Å². The Kier molecular flexibility index (Phi) is 7.03. The number of nitrogens with one attached hydrogen (secondary N) is 1. The van der Waals surface area contributed by atoms with Gasteiger partial charge in [0.25, 0.3) is 0 Å². The zero-order valence-corrected chi connectivity index (χ0v) is 14.7. The van der Waals surface area contributed by atoms with E-state index in [-0.39, 0.29) is 18.4 Å². The van der Waals surface area contributed by atoms with Crippen LogP contribution in [-0.2, 0) is 0 Å². The lowest BCUT2D eigenvalue weighted by Crippen LogP contribution is -2.45. The molecule has 0 aromatic heterocycles. The molecule has 1 aromatic carbocycles. The normalized spacial score (nSPS) is 16.4. The number of carbonyl (C=O) groups excluding carboxylic acids is 1. The Hall–Kier alpha value is -1.62. The molecule has 0 unspecified atom stereocenters. The highest BCUT2D eigenvalue weighted by atomic mass is 19.1. The number of hydrogen-bond donors (Lipinski definition) is 2. The highest BCUT2D eigenvalue weighted by molar-refractivity contribution is 5.74. The smallest absolute Gasteiger partial charge is 0.317 e. The Bertz CT molecular complexity index is 513. The molecule has 1 aliphatic rings. The van der Waals surface area contributed by atoms with Crippen molar-refractivity contribution in [2.75, 3.05) is 19.6 Å². The van der Waals surface area contributed by atoms with E-state index in [2.05, 4.69) is 5.32 Å². The van der Waals surface area contributed by atoms with Crippen LogP contribution in [0.5, 0.6) is 0 Å². The second kappa shape index (κ2) is 9.02. The van der Waals surface area contributed by atoms with Crippen LogP contribution in [0.3, 0.4) is 0 Å². The van der Waals surface area contributed by atoms with E-state index in [1.54, 1.807) is 17.0 Å². The minimum Gasteiger partial charge on any atom is -0.387 e. The number of halogens is 1. The fraction of sp³-hybridized carbons (Fsp3) is 0.632. The molecule has 2 rings (SSSR count). The van der Waals surface area contributed by atoms with Crippen molar-refractivity contribution < 1.29 is 14.3 Å². The van der Waals surface area contributed by atoms with Gasteiger partial charge < -0.3 is 15.3 Å². The number of urea groups is 1. The average molecular weight is 336 g/mol. The molecule has 24 heavy (non-hydrogen) atoms. The summed E-state index contributed by atoms with van der Waals surface area (Å²) in [7, 11) is 0. The first-order valence-electron chi connectivity index (χ1n) is 8.92. The van der Waals surface area contributed by atoms with Crippen molar-refractivity contribution in [2.45, 2.75) is 45.6 Å². The van der Waals surface area contributed by atoms with E-state index in [1.807, 2.05) is 13.8 Å². The van der Waals surface area contributed by atoms with Gasteiger partial charge in [-0.05, 0) is 42.4 Å². The first kappa shape index (κ1) is 18.7. The number of nitrogens with zero attached hydrogens (tertiary/aromatic N) is 1. The van der Waals surface area contributed by atoms with E-state index in [1.165, 1.54) is 37.8 Å². The van der Waals surface area contributed by atoms with Gasteiger partial charge in [0.1, 0.15) is 5.82 Å². The molecule has 0 saturated heterocycles. The minimum absolute atomic E-state index is 0.128. The molecule has 1 aliphatic carbocycles. The van der Waals surface area contributed by atoms with Crippen molar-refractivity contribution in [1.82, 2.24) is 10.2 Å². The van der Waals surface area contributed by atoms with Crippen LogP contribution in [0, 0.1) is 17.7 Å². The van der Waals surface area contributed by atoms with Crippen molar-refractivity contribution in [3.8, 4) is 0 Å². The fourth-order valence-electron chi connectivity index (χ4n) is 3.24. The van der Waals surface area contributed by atoms with Crippen molar-refractivity contribution in [1.29, 1.82) is 0 Å². The van der Waals surface area contributed by atoms with Gasteiger partial charge >= 0.3 is 6.03 Å². The second-order valence-corrected chi connectivity index (χ2v) is 7.20. The summed E-state index contributed by atoms with van der Waals surface area (Å²) in [6, 6.07) is 5.64. The van der Waals surface area contributed by atoms with Crippen molar-refractivity contribution in [3.05, 3.63) is 35.6 Å². The lowest BCUT2D eigenvalue weighted by molar-refractivity contribution is 0.115. The third-order valence-corrected chi connectivity index (χ3v) is 4.54. The Morgan fingerprint density at radius 2 is 1.88 bits per heavy atom. The van der Waals surface area contributed by atoms with E-state index in [0.29, 0.717) is 30.5 Å². The van der Waals surface area contributed by atoms with Crippen LogP contribution in [0.4, 0.5) is 9.18 Å². The quantitative estimate of drug-likeness (QED) is 0.797. The third-order valence-electron chi connectivity index (χ3n) is 4.54. The van der Waals surface area contributed by atoms with E-state index >= 15 is 0 Å². The maximum atomic E-state index is 13.0. The molecule has 0 radical (unpaired) electrons. The van der Waals surface area contributed by atoms with Crippen LogP contribution in [-0.4, -0.2) is 35.7 Å². The SMILES string of the molecule is CC(C)CN(C[C@H](O)c1ccc(F)cc1)C(=O)NCC1CCCC1. The summed E-state index contributed by atoms with van der Waals surface area (Å²) >= 11 is 0. The highest BCUT2D eigenvalue weighted by Gasteiger charge is 2.21. The van der Waals surface area contributed by atoms with Crippen LogP contribution in [0.1, 0.15) is 51.2 Å². The van der Waals surface area contributed by atoms with Crippen LogP contribution in [0.15, 0.2) is 24.3 Å². The Morgan fingerprint density at radius 1 is 1.25 bits per heavy atom. The third kappa shape index (κ3) is 5.78. The Labute approximate surface area is 144 Å². The van der Waals surface area contributed by atoms with Crippen LogP contribution < -0.4 is 5.32 Å².